The minimum Gasteiger partial charge on any atom is -0.481 e. The molecule has 0 saturated carbocycles. The summed E-state index contributed by atoms with van der Waals surface area (Å²) in [6.45, 7) is 0.661. The van der Waals surface area contributed by atoms with Crippen LogP contribution in [0.5, 0.6) is 0 Å². The summed E-state index contributed by atoms with van der Waals surface area (Å²) in [6, 6.07) is 4.70. The normalized spacial score (nSPS) is 12.7. The van der Waals surface area contributed by atoms with E-state index in [-0.39, 0.29) is 18.7 Å². The zero-order chi connectivity index (χ0) is 14.4. The second-order valence-electron chi connectivity index (χ2n) is 4.52. The lowest BCUT2D eigenvalue weighted by Crippen LogP contribution is -2.29. The first-order valence-electron chi connectivity index (χ1n) is 5.91. The fourth-order valence-electron chi connectivity index (χ4n) is 1.76. The summed E-state index contributed by atoms with van der Waals surface area (Å²) in [4.78, 5) is 12.1. The molecule has 4 nitrogen and oxygen atoms in total. The molecular formula is C13H17BrFNO3. The third kappa shape index (κ3) is 6.13. The molecule has 1 aromatic carbocycles. The Morgan fingerprint density at radius 1 is 1.53 bits per heavy atom. The van der Waals surface area contributed by atoms with Gasteiger partial charge in [-0.3, -0.25) is 9.69 Å². The van der Waals surface area contributed by atoms with Crippen LogP contribution in [0.4, 0.5) is 4.39 Å². The number of carboxylic acid groups (broad SMARTS) is 1. The zero-order valence-corrected chi connectivity index (χ0v) is 12.2. The molecule has 0 aliphatic rings. The molecule has 0 fully saturated rings. The molecule has 0 heterocycles. The molecule has 0 aromatic heterocycles. The van der Waals surface area contributed by atoms with Crippen molar-refractivity contribution in [3.05, 3.63) is 34.1 Å². The van der Waals surface area contributed by atoms with Gasteiger partial charge in [-0.15, -0.1) is 0 Å². The maximum atomic E-state index is 13.5. The van der Waals surface area contributed by atoms with Crippen LogP contribution in [0.1, 0.15) is 18.4 Å². The van der Waals surface area contributed by atoms with Crippen molar-refractivity contribution in [2.45, 2.75) is 25.5 Å². The minimum absolute atomic E-state index is 0.0692. The third-order valence-corrected chi connectivity index (χ3v) is 3.16. The Hall–Kier alpha value is -0.980. The quantitative estimate of drug-likeness (QED) is 0.803. The van der Waals surface area contributed by atoms with E-state index >= 15 is 0 Å². The van der Waals surface area contributed by atoms with Gasteiger partial charge < -0.3 is 10.2 Å². The fourth-order valence-corrected chi connectivity index (χ4v) is 2.17. The van der Waals surface area contributed by atoms with Crippen LogP contribution in [0, 0.1) is 5.82 Å². The van der Waals surface area contributed by atoms with E-state index in [0.29, 0.717) is 18.7 Å². The first-order chi connectivity index (χ1) is 8.88. The number of aliphatic hydroxyl groups is 1. The molecule has 1 aromatic rings. The summed E-state index contributed by atoms with van der Waals surface area (Å²) in [5.74, 6) is -1.23. The van der Waals surface area contributed by atoms with Gasteiger partial charge in [-0.05, 0) is 31.7 Å². The molecule has 1 atom stereocenters. The summed E-state index contributed by atoms with van der Waals surface area (Å²) < 4.78 is 14.3. The lowest BCUT2D eigenvalue weighted by atomic mass is 10.1. The first kappa shape index (κ1) is 16.1. The molecule has 106 valence electrons. The number of hydrogen-bond acceptors (Lipinski definition) is 3. The average molecular weight is 334 g/mol. The first-order valence-corrected chi connectivity index (χ1v) is 6.70. The van der Waals surface area contributed by atoms with E-state index in [0.717, 1.165) is 4.47 Å². The number of likely N-dealkylation sites (N-methyl/N-ethyl adjacent to an activating group) is 1. The largest absolute Gasteiger partial charge is 0.481 e. The van der Waals surface area contributed by atoms with Crippen molar-refractivity contribution in [1.29, 1.82) is 0 Å². The lowest BCUT2D eigenvalue weighted by Gasteiger charge is -2.20. The van der Waals surface area contributed by atoms with E-state index in [1.807, 2.05) is 0 Å². The molecule has 0 radical (unpaired) electrons. The number of hydrogen-bond donors (Lipinski definition) is 2. The van der Waals surface area contributed by atoms with E-state index in [4.69, 9.17) is 5.11 Å². The number of aliphatic carboxylic acids is 1. The Morgan fingerprint density at radius 2 is 2.21 bits per heavy atom. The van der Waals surface area contributed by atoms with Gasteiger partial charge in [-0.2, -0.15) is 0 Å². The van der Waals surface area contributed by atoms with Crippen molar-refractivity contribution in [3.8, 4) is 0 Å². The standard InChI is InChI=1S/C13H17BrFNO3/c1-16(8-11(17)3-5-13(18)19)7-9-6-10(14)2-4-12(9)15/h2,4,6,11,17H,3,5,7-8H2,1H3,(H,18,19). The topological polar surface area (TPSA) is 60.8 Å². The molecule has 19 heavy (non-hydrogen) atoms. The van der Waals surface area contributed by atoms with Crippen LogP contribution in [-0.2, 0) is 11.3 Å². The molecule has 1 rings (SSSR count). The molecular weight excluding hydrogens is 317 g/mol. The van der Waals surface area contributed by atoms with Gasteiger partial charge in [0.1, 0.15) is 5.82 Å². The molecule has 0 amide bonds. The van der Waals surface area contributed by atoms with Crippen LogP contribution in [0.2, 0.25) is 0 Å². The maximum Gasteiger partial charge on any atom is 0.303 e. The Balaban J connectivity index is 2.48. The smallest absolute Gasteiger partial charge is 0.303 e. The van der Waals surface area contributed by atoms with Gasteiger partial charge in [0.15, 0.2) is 0 Å². The molecule has 0 saturated heterocycles. The van der Waals surface area contributed by atoms with Gasteiger partial charge in [0.2, 0.25) is 0 Å². The number of nitrogens with zero attached hydrogens (tertiary/aromatic N) is 1. The van der Waals surface area contributed by atoms with Gasteiger partial charge in [0, 0.05) is 29.5 Å². The summed E-state index contributed by atoms with van der Waals surface area (Å²) in [7, 11) is 1.75. The Kier molecular flexibility index (Phi) is 6.41. The van der Waals surface area contributed by atoms with Crippen molar-refractivity contribution in [2.24, 2.45) is 0 Å². The third-order valence-electron chi connectivity index (χ3n) is 2.66. The summed E-state index contributed by atoms with van der Waals surface area (Å²) in [5.41, 5.74) is 0.530. The van der Waals surface area contributed by atoms with Crippen molar-refractivity contribution >= 4 is 21.9 Å². The predicted octanol–water partition coefficient (Wildman–Crippen LogP) is 2.25. The van der Waals surface area contributed by atoms with Gasteiger partial charge in [-0.1, -0.05) is 15.9 Å². The number of carboxylic acids is 1. The molecule has 6 heteroatoms. The Labute approximate surface area is 120 Å². The maximum absolute atomic E-state index is 13.5. The Bertz CT molecular complexity index is 442. The predicted molar refractivity (Wildman–Crippen MR) is 73.3 cm³/mol. The van der Waals surface area contributed by atoms with Crippen molar-refractivity contribution in [3.63, 3.8) is 0 Å². The van der Waals surface area contributed by atoms with Crippen LogP contribution < -0.4 is 0 Å². The van der Waals surface area contributed by atoms with Crippen molar-refractivity contribution in [2.75, 3.05) is 13.6 Å². The van der Waals surface area contributed by atoms with E-state index in [9.17, 15) is 14.3 Å². The average Bonchev–Trinajstić information content (AvgIpc) is 2.31. The number of rotatable bonds is 7. The number of carbonyl (C=O) groups is 1. The highest BCUT2D eigenvalue weighted by atomic mass is 79.9. The van der Waals surface area contributed by atoms with Gasteiger partial charge in [-0.25, -0.2) is 4.39 Å². The summed E-state index contributed by atoms with van der Waals surface area (Å²) >= 11 is 3.28. The highest BCUT2D eigenvalue weighted by molar-refractivity contribution is 9.10. The molecule has 0 spiro atoms. The highest BCUT2D eigenvalue weighted by Crippen LogP contribution is 2.17. The monoisotopic (exact) mass is 333 g/mol. The molecule has 0 aliphatic carbocycles. The number of halogens is 2. The fraction of sp³-hybridized carbons (Fsp3) is 0.462. The second kappa shape index (κ2) is 7.57. The van der Waals surface area contributed by atoms with Crippen LogP contribution in [0.25, 0.3) is 0 Å². The summed E-state index contributed by atoms with van der Waals surface area (Å²) in [6.07, 6.45) is -0.600. The van der Waals surface area contributed by atoms with Crippen molar-refractivity contribution < 1.29 is 19.4 Å². The molecule has 1 unspecified atom stereocenters. The number of aliphatic hydroxyl groups excluding tert-OH is 1. The summed E-state index contributed by atoms with van der Waals surface area (Å²) in [5, 5.41) is 18.2. The lowest BCUT2D eigenvalue weighted by molar-refractivity contribution is -0.137. The van der Waals surface area contributed by atoms with Crippen LogP contribution in [-0.4, -0.2) is 40.8 Å². The van der Waals surface area contributed by atoms with E-state index in [1.165, 1.54) is 6.07 Å². The molecule has 0 aliphatic heterocycles. The SMILES string of the molecule is CN(Cc1cc(Br)ccc1F)CC(O)CCC(=O)O. The minimum atomic E-state index is -0.931. The van der Waals surface area contributed by atoms with Crippen LogP contribution in [0.15, 0.2) is 22.7 Å². The van der Waals surface area contributed by atoms with Gasteiger partial charge >= 0.3 is 5.97 Å². The van der Waals surface area contributed by atoms with Gasteiger partial charge in [0.25, 0.3) is 0 Å². The molecule has 0 bridgehead atoms. The Morgan fingerprint density at radius 3 is 2.84 bits per heavy atom. The zero-order valence-electron chi connectivity index (χ0n) is 10.6. The number of benzene rings is 1. The van der Waals surface area contributed by atoms with E-state index in [1.54, 1.807) is 24.1 Å². The molecule has 2 N–H and O–H groups in total. The van der Waals surface area contributed by atoms with E-state index < -0.39 is 12.1 Å². The van der Waals surface area contributed by atoms with Crippen LogP contribution >= 0.6 is 15.9 Å². The van der Waals surface area contributed by atoms with E-state index in [2.05, 4.69) is 15.9 Å². The second-order valence-corrected chi connectivity index (χ2v) is 5.43. The highest BCUT2D eigenvalue weighted by Gasteiger charge is 2.12. The van der Waals surface area contributed by atoms with Gasteiger partial charge in [0.05, 0.1) is 6.10 Å². The van der Waals surface area contributed by atoms with Crippen LogP contribution in [0.3, 0.4) is 0 Å². The van der Waals surface area contributed by atoms with Crippen molar-refractivity contribution in [1.82, 2.24) is 4.90 Å².